The summed E-state index contributed by atoms with van der Waals surface area (Å²) in [5, 5.41) is 0. The van der Waals surface area contributed by atoms with Gasteiger partial charge in [-0.05, 0) is 26.8 Å². The minimum absolute atomic E-state index is 0.141. The van der Waals surface area contributed by atoms with Crippen LogP contribution in [-0.4, -0.2) is 23.5 Å². The normalized spacial score (nSPS) is 10.6. The number of carbonyl (C=O) groups excluding carboxylic acids is 1. The van der Waals surface area contributed by atoms with Gasteiger partial charge in [0, 0.05) is 23.8 Å². The third-order valence-electron chi connectivity index (χ3n) is 2.54. The van der Waals surface area contributed by atoms with Crippen LogP contribution in [0.15, 0.2) is 12.1 Å². The van der Waals surface area contributed by atoms with E-state index in [4.69, 9.17) is 11.5 Å². The highest BCUT2D eigenvalue weighted by atomic mass is 16.1. The van der Waals surface area contributed by atoms with Gasteiger partial charge in [-0.15, -0.1) is 0 Å². The molecule has 1 aromatic rings. The summed E-state index contributed by atoms with van der Waals surface area (Å²) in [5.41, 5.74) is 12.8. The molecule has 0 unspecified atom stereocenters. The van der Waals surface area contributed by atoms with Gasteiger partial charge >= 0.3 is 0 Å². The fraction of sp³-hybridized carbons (Fsp3) is 0.500. The Morgan fingerprint density at radius 1 is 1.47 bits per heavy atom. The summed E-state index contributed by atoms with van der Waals surface area (Å²) in [6.07, 6.45) is 0. The fourth-order valence-corrected chi connectivity index (χ4v) is 1.65. The molecule has 0 aromatic carbocycles. The van der Waals surface area contributed by atoms with E-state index in [-0.39, 0.29) is 18.5 Å². The van der Waals surface area contributed by atoms with E-state index in [1.54, 1.807) is 0 Å². The third-order valence-corrected chi connectivity index (χ3v) is 2.54. The van der Waals surface area contributed by atoms with Gasteiger partial charge < -0.3 is 16.4 Å². The minimum atomic E-state index is -0.370. The van der Waals surface area contributed by atoms with Gasteiger partial charge in [0.05, 0.1) is 6.54 Å². The summed E-state index contributed by atoms with van der Waals surface area (Å²) in [5.74, 6) is 0.381. The maximum Gasteiger partial charge on any atom is 0.237 e. The summed E-state index contributed by atoms with van der Waals surface area (Å²) >= 11 is 0. The van der Waals surface area contributed by atoms with Crippen molar-refractivity contribution < 1.29 is 4.79 Å². The topological polar surface area (TPSA) is 85.2 Å². The van der Waals surface area contributed by atoms with Gasteiger partial charge in [-0.25, -0.2) is 4.98 Å². The number of aromatic nitrogens is 1. The van der Waals surface area contributed by atoms with Crippen LogP contribution >= 0.6 is 0 Å². The summed E-state index contributed by atoms with van der Waals surface area (Å²) < 4.78 is 0. The molecule has 0 saturated heterocycles. The molecule has 0 atom stereocenters. The molecular formula is C12H20N4O. The first-order chi connectivity index (χ1) is 7.95. The molecule has 1 aromatic heterocycles. The number of hydrogen-bond acceptors (Lipinski definition) is 4. The largest absolute Gasteiger partial charge is 0.368 e. The van der Waals surface area contributed by atoms with Crippen molar-refractivity contribution >= 4 is 11.7 Å². The molecule has 0 aliphatic heterocycles. The Kier molecular flexibility index (Phi) is 4.45. The zero-order chi connectivity index (χ0) is 13.0. The number of carbonyl (C=O) groups is 1. The van der Waals surface area contributed by atoms with E-state index in [9.17, 15) is 4.79 Å². The van der Waals surface area contributed by atoms with E-state index in [2.05, 4.69) is 4.98 Å². The first kappa shape index (κ1) is 13.4. The van der Waals surface area contributed by atoms with Gasteiger partial charge in [0.1, 0.15) is 5.82 Å². The van der Waals surface area contributed by atoms with Crippen LogP contribution in [0.3, 0.4) is 0 Å². The van der Waals surface area contributed by atoms with Crippen LogP contribution in [0.1, 0.15) is 25.1 Å². The number of nitrogens with two attached hydrogens (primary N) is 2. The van der Waals surface area contributed by atoms with Gasteiger partial charge in [0.2, 0.25) is 5.91 Å². The molecule has 94 valence electrons. The van der Waals surface area contributed by atoms with Gasteiger partial charge in [0.15, 0.2) is 0 Å². The molecule has 4 N–H and O–H groups in total. The Morgan fingerprint density at radius 2 is 2.12 bits per heavy atom. The van der Waals surface area contributed by atoms with Crippen LogP contribution in [-0.2, 0) is 11.3 Å². The molecule has 0 bridgehead atoms. The molecule has 5 heteroatoms. The number of amides is 1. The first-order valence-electron chi connectivity index (χ1n) is 5.67. The van der Waals surface area contributed by atoms with Gasteiger partial charge in [-0.2, -0.15) is 0 Å². The van der Waals surface area contributed by atoms with Gasteiger partial charge in [-0.1, -0.05) is 6.07 Å². The lowest BCUT2D eigenvalue weighted by molar-refractivity contribution is -0.116. The molecule has 0 saturated carbocycles. The van der Waals surface area contributed by atoms with Crippen molar-refractivity contribution in [2.75, 3.05) is 11.4 Å². The average Bonchev–Trinajstić information content (AvgIpc) is 2.25. The Labute approximate surface area is 102 Å². The van der Waals surface area contributed by atoms with Crippen molar-refractivity contribution in [2.24, 2.45) is 11.5 Å². The second kappa shape index (κ2) is 5.63. The van der Waals surface area contributed by atoms with Crippen LogP contribution < -0.4 is 16.4 Å². The lowest BCUT2D eigenvalue weighted by atomic mass is 10.2. The van der Waals surface area contributed by atoms with Crippen molar-refractivity contribution in [1.82, 2.24) is 4.98 Å². The molecule has 0 radical (unpaired) electrons. The predicted octanol–water partition coefficient (Wildman–Crippen LogP) is 0.549. The fourth-order valence-electron chi connectivity index (χ4n) is 1.65. The minimum Gasteiger partial charge on any atom is -0.368 e. The number of anilines is 1. The van der Waals surface area contributed by atoms with Crippen LogP contribution in [0.4, 0.5) is 5.82 Å². The number of aryl methyl sites for hydroxylation is 1. The standard InChI is InChI=1S/C12H20N4O/c1-8(2)16(7-11(14)17)12-10(6-13)5-4-9(3)15-12/h4-5,8H,6-7,13H2,1-3H3,(H2,14,17). The van der Waals surface area contributed by atoms with Gasteiger partial charge in [0.25, 0.3) is 0 Å². The first-order valence-corrected chi connectivity index (χ1v) is 5.67. The maximum absolute atomic E-state index is 11.1. The van der Waals surface area contributed by atoms with Crippen molar-refractivity contribution in [3.05, 3.63) is 23.4 Å². The molecule has 17 heavy (non-hydrogen) atoms. The summed E-state index contributed by atoms with van der Waals surface area (Å²) in [6.45, 7) is 6.44. The van der Waals surface area contributed by atoms with Crippen molar-refractivity contribution in [1.29, 1.82) is 0 Å². The van der Waals surface area contributed by atoms with E-state index in [0.29, 0.717) is 6.54 Å². The predicted molar refractivity (Wildman–Crippen MR) is 68.5 cm³/mol. The SMILES string of the molecule is Cc1ccc(CN)c(N(CC(N)=O)C(C)C)n1. The molecule has 5 nitrogen and oxygen atoms in total. The Hall–Kier alpha value is -1.62. The van der Waals surface area contributed by atoms with E-state index in [1.165, 1.54) is 0 Å². The Morgan fingerprint density at radius 3 is 2.59 bits per heavy atom. The number of pyridine rings is 1. The highest BCUT2D eigenvalue weighted by Crippen LogP contribution is 2.20. The molecular weight excluding hydrogens is 216 g/mol. The second-order valence-corrected chi connectivity index (χ2v) is 4.33. The zero-order valence-corrected chi connectivity index (χ0v) is 10.6. The average molecular weight is 236 g/mol. The number of nitrogens with zero attached hydrogens (tertiary/aromatic N) is 2. The number of hydrogen-bond donors (Lipinski definition) is 2. The quantitative estimate of drug-likeness (QED) is 0.781. The lowest BCUT2D eigenvalue weighted by Gasteiger charge is -2.28. The maximum atomic E-state index is 11.1. The summed E-state index contributed by atoms with van der Waals surface area (Å²) in [7, 11) is 0. The Balaban J connectivity index is 3.16. The Bertz CT molecular complexity index is 403. The number of rotatable bonds is 5. The number of primary amides is 1. The van der Waals surface area contributed by atoms with Gasteiger partial charge in [-0.3, -0.25) is 4.79 Å². The summed E-state index contributed by atoms with van der Waals surface area (Å²) in [6, 6.07) is 3.99. The van der Waals surface area contributed by atoms with E-state index >= 15 is 0 Å². The third kappa shape index (κ3) is 3.42. The van der Waals surface area contributed by atoms with Crippen molar-refractivity contribution in [3.63, 3.8) is 0 Å². The van der Waals surface area contributed by atoms with E-state index in [1.807, 2.05) is 37.8 Å². The molecule has 1 rings (SSSR count). The van der Waals surface area contributed by atoms with Crippen LogP contribution in [0.5, 0.6) is 0 Å². The molecule has 1 amide bonds. The van der Waals surface area contributed by atoms with Crippen molar-refractivity contribution in [3.8, 4) is 0 Å². The molecule has 0 spiro atoms. The summed E-state index contributed by atoms with van der Waals surface area (Å²) in [4.78, 5) is 17.4. The van der Waals surface area contributed by atoms with Crippen LogP contribution in [0.25, 0.3) is 0 Å². The molecule has 0 aliphatic carbocycles. The second-order valence-electron chi connectivity index (χ2n) is 4.33. The highest BCUT2D eigenvalue weighted by molar-refractivity contribution is 5.79. The molecule has 1 heterocycles. The lowest BCUT2D eigenvalue weighted by Crippen LogP contribution is -2.40. The monoisotopic (exact) mass is 236 g/mol. The van der Waals surface area contributed by atoms with E-state index < -0.39 is 0 Å². The van der Waals surface area contributed by atoms with E-state index in [0.717, 1.165) is 17.1 Å². The molecule has 0 aliphatic rings. The highest BCUT2D eigenvalue weighted by Gasteiger charge is 2.17. The smallest absolute Gasteiger partial charge is 0.237 e. The van der Waals surface area contributed by atoms with Crippen molar-refractivity contribution in [2.45, 2.75) is 33.4 Å². The molecule has 0 fully saturated rings. The van der Waals surface area contributed by atoms with Crippen LogP contribution in [0, 0.1) is 6.92 Å². The van der Waals surface area contributed by atoms with Crippen LogP contribution in [0.2, 0.25) is 0 Å². The zero-order valence-electron chi connectivity index (χ0n) is 10.6.